The van der Waals surface area contributed by atoms with Crippen LogP contribution in [0.3, 0.4) is 0 Å². The van der Waals surface area contributed by atoms with Gasteiger partial charge in [0.1, 0.15) is 0 Å². The molecular formula is C15H13F. The normalized spacial score (nSPS) is 15.6. The molecule has 0 saturated carbocycles. The molecule has 0 spiro atoms. The molecule has 0 unspecified atom stereocenters. The van der Waals surface area contributed by atoms with E-state index in [0.29, 0.717) is 6.42 Å². The number of hydrogen-bond acceptors (Lipinski definition) is 0. The molecule has 0 fully saturated rings. The highest BCUT2D eigenvalue weighted by Gasteiger charge is 2.41. The van der Waals surface area contributed by atoms with E-state index in [1.807, 2.05) is 55.5 Å². The van der Waals surface area contributed by atoms with Crippen molar-refractivity contribution in [3.63, 3.8) is 0 Å². The van der Waals surface area contributed by atoms with Gasteiger partial charge in [0.05, 0.1) is 0 Å². The Balaban J connectivity index is 2.39. The van der Waals surface area contributed by atoms with Crippen molar-refractivity contribution >= 4 is 0 Å². The predicted molar refractivity (Wildman–Crippen MR) is 64.1 cm³/mol. The molecule has 80 valence electrons. The SMILES string of the molecule is CCC1(F)c2ccccc2-c2ccccc21. The van der Waals surface area contributed by atoms with E-state index in [0.717, 1.165) is 22.3 Å². The molecule has 2 aromatic rings. The molecule has 0 bridgehead atoms. The van der Waals surface area contributed by atoms with E-state index in [1.165, 1.54) is 0 Å². The summed E-state index contributed by atoms with van der Waals surface area (Å²) in [6.45, 7) is 1.90. The summed E-state index contributed by atoms with van der Waals surface area (Å²) in [5.41, 5.74) is 2.43. The van der Waals surface area contributed by atoms with Crippen LogP contribution in [0.25, 0.3) is 11.1 Å². The van der Waals surface area contributed by atoms with Crippen LogP contribution in [-0.2, 0) is 5.67 Å². The minimum Gasteiger partial charge on any atom is -0.233 e. The van der Waals surface area contributed by atoms with E-state index in [1.54, 1.807) is 0 Å². The van der Waals surface area contributed by atoms with Gasteiger partial charge in [0.25, 0.3) is 0 Å². The van der Waals surface area contributed by atoms with Gasteiger partial charge in [0.2, 0.25) is 0 Å². The van der Waals surface area contributed by atoms with Crippen LogP contribution in [0.15, 0.2) is 48.5 Å². The Bertz CT molecular complexity index is 497. The van der Waals surface area contributed by atoms with Gasteiger partial charge < -0.3 is 0 Å². The summed E-state index contributed by atoms with van der Waals surface area (Å²) >= 11 is 0. The first kappa shape index (κ1) is 9.59. The van der Waals surface area contributed by atoms with Gasteiger partial charge in [-0.2, -0.15) is 0 Å². The Morgan fingerprint density at radius 3 is 1.75 bits per heavy atom. The molecule has 1 aliphatic rings. The fourth-order valence-electron chi connectivity index (χ4n) is 2.65. The molecule has 0 N–H and O–H groups in total. The van der Waals surface area contributed by atoms with Gasteiger partial charge in [-0.1, -0.05) is 55.5 Å². The Labute approximate surface area is 94.7 Å². The predicted octanol–water partition coefficient (Wildman–Crippen LogP) is 4.29. The van der Waals surface area contributed by atoms with E-state index in [-0.39, 0.29) is 0 Å². The molecule has 0 amide bonds. The van der Waals surface area contributed by atoms with Gasteiger partial charge in [-0.25, -0.2) is 4.39 Å². The van der Waals surface area contributed by atoms with Gasteiger partial charge in [-0.05, 0) is 17.5 Å². The third kappa shape index (κ3) is 1.03. The van der Waals surface area contributed by atoms with Gasteiger partial charge in [0.15, 0.2) is 5.67 Å². The third-order valence-corrected chi connectivity index (χ3v) is 3.49. The lowest BCUT2D eigenvalue weighted by atomic mass is 9.91. The van der Waals surface area contributed by atoms with Gasteiger partial charge in [0, 0.05) is 11.1 Å². The Kier molecular flexibility index (Phi) is 1.90. The molecule has 0 nitrogen and oxygen atoms in total. The summed E-state index contributed by atoms with van der Waals surface area (Å²) in [6, 6.07) is 15.6. The highest BCUT2D eigenvalue weighted by molar-refractivity contribution is 5.79. The van der Waals surface area contributed by atoms with Crippen LogP contribution in [0.1, 0.15) is 24.5 Å². The van der Waals surface area contributed by atoms with Gasteiger partial charge >= 0.3 is 0 Å². The summed E-state index contributed by atoms with van der Waals surface area (Å²) in [5, 5.41) is 0. The Morgan fingerprint density at radius 1 is 0.875 bits per heavy atom. The zero-order valence-corrected chi connectivity index (χ0v) is 9.20. The van der Waals surface area contributed by atoms with Crippen molar-refractivity contribution in [2.24, 2.45) is 0 Å². The number of alkyl halides is 1. The fraction of sp³-hybridized carbons (Fsp3) is 0.200. The summed E-state index contributed by atoms with van der Waals surface area (Å²) in [6.07, 6.45) is 0.487. The first-order chi connectivity index (χ1) is 7.77. The molecule has 3 rings (SSSR count). The molecular weight excluding hydrogens is 199 g/mol. The quantitative estimate of drug-likeness (QED) is 0.661. The monoisotopic (exact) mass is 212 g/mol. The number of fused-ring (bicyclic) bond motifs is 3. The Morgan fingerprint density at radius 2 is 1.31 bits per heavy atom. The topological polar surface area (TPSA) is 0 Å². The molecule has 1 heteroatoms. The van der Waals surface area contributed by atoms with Crippen molar-refractivity contribution in [2.75, 3.05) is 0 Å². The van der Waals surface area contributed by atoms with E-state index < -0.39 is 5.67 Å². The highest BCUT2D eigenvalue weighted by Crippen LogP contribution is 2.51. The van der Waals surface area contributed by atoms with Crippen LogP contribution in [0.4, 0.5) is 4.39 Å². The molecule has 0 aliphatic heterocycles. The molecule has 2 aromatic carbocycles. The van der Waals surface area contributed by atoms with Crippen LogP contribution >= 0.6 is 0 Å². The minimum absolute atomic E-state index is 0.487. The van der Waals surface area contributed by atoms with E-state index in [2.05, 4.69) is 0 Å². The number of halogens is 1. The standard InChI is InChI=1S/C15H13F/c1-2-15(16)13-9-5-3-7-11(13)12-8-4-6-10-14(12)15/h3-10H,2H2,1H3. The maximum absolute atomic E-state index is 15.0. The molecule has 0 heterocycles. The van der Waals surface area contributed by atoms with Crippen molar-refractivity contribution in [1.29, 1.82) is 0 Å². The van der Waals surface area contributed by atoms with Crippen molar-refractivity contribution in [3.05, 3.63) is 59.7 Å². The zero-order chi connectivity index (χ0) is 11.2. The van der Waals surface area contributed by atoms with Gasteiger partial charge in [-0.3, -0.25) is 0 Å². The molecule has 0 saturated heterocycles. The van der Waals surface area contributed by atoms with Crippen LogP contribution in [0.2, 0.25) is 0 Å². The number of benzene rings is 2. The van der Waals surface area contributed by atoms with E-state index in [4.69, 9.17) is 0 Å². The summed E-state index contributed by atoms with van der Waals surface area (Å²) in [5.74, 6) is 0. The maximum Gasteiger partial charge on any atom is 0.162 e. The molecule has 0 radical (unpaired) electrons. The summed E-state index contributed by atoms with van der Waals surface area (Å²) < 4.78 is 15.0. The lowest BCUT2D eigenvalue weighted by molar-refractivity contribution is 0.221. The van der Waals surface area contributed by atoms with Crippen LogP contribution in [-0.4, -0.2) is 0 Å². The average molecular weight is 212 g/mol. The lowest BCUT2D eigenvalue weighted by Crippen LogP contribution is -2.16. The second-order valence-corrected chi connectivity index (χ2v) is 4.25. The number of hydrogen-bond donors (Lipinski definition) is 0. The fourth-order valence-corrected chi connectivity index (χ4v) is 2.65. The van der Waals surface area contributed by atoms with Crippen LogP contribution in [0, 0.1) is 0 Å². The second-order valence-electron chi connectivity index (χ2n) is 4.25. The molecule has 16 heavy (non-hydrogen) atoms. The third-order valence-electron chi connectivity index (χ3n) is 3.49. The van der Waals surface area contributed by atoms with Crippen molar-refractivity contribution in [3.8, 4) is 11.1 Å². The van der Waals surface area contributed by atoms with Crippen molar-refractivity contribution in [1.82, 2.24) is 0 Å². The second kappa shape index (κ2) is 3.18. The van der Waals surface area contributed by atoms with E-state index >= 15 is 4.39 Å². The highest BCUT2D eigenvalue weighted by atomic mass is 19.1. The maximum atomic E-state index is 15.0. The minimum atomic E-state index is -1.30. The molecule has 0 aromatic heterocycles. The van der Waals surface area contributed by atoms with Crippen molar-refractivity contribution < 1.29 is 4.39 Å². The summed E-state index contributed by atoms with van der Waals surface area (Å²) in [7, 11) is 0. The summed E-state index contributed by atoms with van der Waals surface area (Å²) in [4.78, 5) is 0. The molecule has 1 aliphatic carbocycles. The Hall–Kier alpha value is -1.63. The average Bonchev–Trinajstić information content (AvgIpc) is 2.62. The zero-order valence-electron chi connectivity index (χ0n) is 9.20. The van der Waals surface area contributed by atoms with Crippen molar-refractivity contribution in [2.45, 2.75) is 19.0 Å². The first-order valence-corrected chi connectivity index (χ1v) is 5.65. The van der Waals surface area contributed by atoms with Crippen LogP contribution in [0.5, 0.6) is 0 Å². The largest absolute Gasteiger partial charge is 0.233 e. The smallest absolute Gasteiger partial charge is 0.162 e. The van der Waals surface area contributed by atoms with Gasteiger partial charge in [-0.15, -0.1) is 0 Å². The lowest BCUT2D eigenvalue weighted by Gasteiger charge is -2.20. The van der Waals surface area contributed by atoms with Crippen LogP contribution < -0.4 is 0 Å². The molecule has 0 atom stereocenters. The van der Waals surface area contributed by atoms with E-state index in [9.17, 15) is 0 Å². The number of rotatable bonds is 1. The first-order valence-electron chi connectivity index (χ1n) is 5.65.